The molecule has 0 aliphatic rings. The molecule has 1 atom stereocenters. The molecule has 7 nitrogen and oxygen atoms in total. The normalized spacial score (nSPS) is 12.1. The second-order valence-electron chi connectivity index (χ2n) is 6.07. The van der Waals surface area contributed by atoms with Gasteiger partial charge in [0, 0.05) is 6.42 Å². The molecule has 1 aromatic carbocycles. The molecule has 3 amide bonds. The fourth-order valence-electron chi connectivity index (χ4n) is 1.81. The monoisotopic (exact) mass is 321 g/mol. The standard InChI is InChI=1S/C16H23N3O4/c1-16(2,3)23-15(22)19-12(14(21)18-10-13(17)20)9-11-7-5-4-6-8-11/h4-8,12H,9-10H2,1-3H3,(H2,17,20)(H,18,21)(H,19,22)/t12-/m1/s1. The van der Waals surface area contributed by atoms with Crippen molar-refractivity contribution in [3.63, 3.8) is 0 Å². The van der Waals surface area contributed by atoms with Gasteiger partial charge in [0.1, 0.15) is 11.6 Å². The van der Waals surface area contributed by atoms with Gasteiger partial charge < -0.3 is 21.1 Å². The van der Waals surface area contributed by atoms with Crippen molar-refractivity contribution in [2.45, 2.75) is 38.8 Å². The Balaban J connectivity index is 2.77. The summed E-state index contributed by atoms with van der Waals surface area (Å²) in [6.45, 7) is 4.89. The Morgan fingerprint density at radius 2 is 1.78 bits per heavy atom. The number of nitrogens with one attached hydrogen (secondary N) is 2. The minimum Gasteiger partial charge on any atom is -0.444 e. The van der Waals surface area contributed by atoms with E-state index in [2.05, 4.69) is 10.6 Å². The first-order valence-corrected chi connectivity index (χ1v) is 7.27. The molecule has 0 saturated heterocycles. The van der Waals surface area contributed by atoms with Gasteiger partial charge in [-0.25, -0.2) is 4.79 Å². The van der Waals surface area contributed by atoms with Crippen LogP contribution in [0.25, 0.3) is 0 Å². The number of carbonyl (C=O) groups is 3. The fourth-order valence-corrected chi connectivity index (χ4v) is 1.81. The van der Waals surface area contributed by atoms with Crippen LogP contribution in [0, 0.1) is 0 Å². The zero-order chi connectivity index (χ0) is 17.5. The first-order valence-electron chi connectivity index (χ1n) is 7.27. The molecule has 1 aromatic rings. The number of rotatable bonds is 6. The van der Waals surface area contributed by atoms with Crippen LogP contribution in [0.5, 0.6) is 0 Å². The summed E-state index contributed by atoms with van der Waals surface area (Å²) in [5, 5.41) is 4.91. The Kier molecular flexibility index (Phi) is 6.56. The highest BCUT2D eigenvalue weighted by Gasteiger charge is 2.24. The van der Waals surface area contributed by atoms with Gasteiger partial charge in [0.25, 0.3) is 0 Å². The lowest BCUT2D eigenvalue weighted by Crippen LogP contribution is -2.50. The molecular weight excluding hydrogens is 298 g/mol. The number of hydrogen-bond acceptors (Lipinski definition) is 4. The van der Waals surface area contributed by atoms with Gasteiger partial charge >= 0.3 is 6.09 Å². The van der Waals surface area contributed by atoms with Crippen molar-refractivity contribution in [3.8, 4) is 0 Å². The predicted octanol–water partition coefficient (Wildman–Crippen LogP) is 0.724. The lowest BCUT2D eigenvalue weighted by Gasteiger charge is -2.23. The average molecular weight is 321 g/mol. The molecule has 1 rings (SSSR count). The molecule has 0 aliphatic heterocycles. The van der Waals surface area contributed by atoms with Crippen molar-refractivity contribution in [1.82, 2.24) is 10.6 Å². The number of carbonyl (C=O) groups excluding carboxylic acids is 3. The largest absolute Gasteiger partial charge is 0.444 e. The van der Waals surface area contributed by atoms with Crippen LogP contribution in [0.15, 0.2) is 30.3 Å². The lowest BCUT2D eigenvalue weighted by atomic mass is 10.1. The van der Waals surface area contributed by atoms with Gasteiger partial charge in [0.15, 0.2) is 0 Å². The van der Waals surface area contributed by atoms with E-state index < -0.39 is 29.6 Å². The zero-order valence-electron chi connectivity index (χ0n) is 13.6. The van der Waals surface area contributed by atoms with Gasteiger partial charge in [-0.1, -0.05) is 30.3 Å². The molecule has 23 heavy (non-hydrogen) atoms. The number of alkyl carbamates (subject to hydrolysis) is 1. The van der Waals surface area contributed by atoms with Gasteiger partial charge in [-0.2, -0.15) is 0 Å². The van der Waals surface area contributed by atoms with Crippen LogP contribution < -0.4 is 16.4 Å². The van der Waals surface area contributed by atoms with Crippen LogP contribution in [0.4, 0.5) is 4.79 Å². The minimum absolute atomic E-state index is 0.269. The molecule has 7 heteroatoms. The summed E-state index contributed by atoms with van der Waals surface area (Å²) in [7, 11) is 0. The molecule has 126 valence electrons. The van der Waals surface area contributed by atoms with E-state index in [1.165, 1.54) is 0 Å². The van der Waals surface area contributed by atoms with Crippen LogP contribution in [0.2, 0.25) is 0 Å². The van der Waals surface area contributed by atoms with E-state index in [1.54, 1.807) is 20.8 Å². The molecule has 0 bridgehead atoms. The van der Waals surface area contributed by atoms with Crippen molar-refractivity contribution in [2.24, 2.45) is 5.73 Å². The van der Waals surface area contributed by atoms with E-state index in [4.69, 9.17) is 10.5 Å². The number of hydrogen-bond donors (Lipinski definition) is 3. The summed E-state index contributed by atoms with van der Waals surface area (Å²) < 4.78 is 5.16. The molecule has 0 radical (unpaired) electrons. The predicted molar refractivity (Wildman–Crippen MR) is 85.5 cm³/mol. The number of benzene rings is 1. The quantitative estimate of drug-likeness (QED) is 0.717. The smallest absolute Gasteiger partial charge is 0.408 e. The number of amides is 3. The first kappa shape index (κ1) is 18.5. The van der Waals surface area contributed by atoms with Gasteiger partial charge in [-0.3, -0.25) is 9.59 Å². The van der Waals surface area contributed by atoms with Crippen LogP contribution >= 0.6 is 0 Å². The molecule has 0 unspecified atom stereocenters. The number of primary amides is 1. The summed E-state index contributed by atoms with van der Waals surface area (Å²) in [6.07, 6.45) is -0.433. The van der Waals surface area contributed by atoms with Crippen molar-refractivity contribution in [3.05, 3.63) is 35.9 Å². The van der Waals surface area contributed by atoms with Gasteiger partial charge in [0.05, 0.1) is 6.54 Å². The summed E-state index contributed by atoms with van der Waals surface area (Å²) >= 11 is 0. The van der Waals surface area contributed by atoms with Gasteiger partial charge in [-0.05, 0) is 26.3 Å². The highest BCUT2D eigenvalue weighted by molar-refractivity contribution is 5.89. The van der Waals surface area contributed by atoms with E-state index in [0.29, 0.717) is 0 Å². The van der Waals surface area contributed by atoms with E-state index in [-0.39, 0.29) is 13.0 Å². The first-order chi connectivity index (χ1) is 10.7. The third-order valence-electron chi connectivity index (χ3n) is 2.73. The molecular formula is C16H23N3O4. The van der Waals surface area contributed by atoms with Crippen molar-refractivity contribution in [1.29, 1.82) is 0 Å². The fraction of sp³-hybridized carbons (Fsp3) is 0.438. The van der Waals surface area contributed by atoms with E-state index >= 15 is 0 Å². The Hall–Kier alpha value is -2.57. The topological polar surface area (TPSA) is 111 Å². The Bertz CT molecular complexity index is 552. The number of ether oxygens (including phenoxy) is 1. The van der Waals surface area contributed by atoms with Gasteiger partial charge in [0.2, 0.25) is 11.8 Å². The lowest BCUT2D eigenvalue weighted by molar-refractivity contribution is -0.126. The summed E-state index contributed by atoms with van der Waals surface area (Å²) in [4.78, 5) is 34.9. The maximum atomic E-state index is 12.2. The highest BCUT2D eigenvalue weighted by atomic mass is 16.6. The highest BCUT2D eigenvalue weighted by Crippen LogP contribution is 2.08. The summed E-state index contributed by atoms with van der Waals surface area (Å²) in [6, 6.07) is 8.33. The van der Waals surface area contributed by atoms with Crippen LogP contribution in [-0.2, 0) is 20.7 Å². The Morgan fingerprint density at radius 1 is 1.17 bits per heavy atom. The van der Waals surface area contributed by atoms with Gasteiger partial charge in [-0.15, -0.1) is 0 Å². The summed E-state index contributed by atoms with van der Waals surface area (Å²) in [5.41, 5.74) is 5.20. The molecule has 0 aliphatic carbocycles. The minimum atomic E-state index is -0.869. The van der Waals surface area contributed by atoms with Crippen molar-refractivity contribution in [2.75, 3.05) is 6.54 Å². The average Bonchev–Trinajstić information content (AvgIpc) is 2.43. The van der Waals surface area contributed by atoms with Crippen molar-refractivity contribution >= 4 is 17.9 Å². The van der Waals surface area contributed by atoms with E-state index in [9.17, 15) is 14.4 Å². The van der Waals surface area contributed by atoms with Crippen LogP contribution in [-0.4, -0.2) is 36.1 Å². The molecule has 0 spiro atoms. The van der Waals surface area contributed by atoms with E-state index in [1.807, 2.05) is 30.3 Å². The molecule has 0 fully saturated rings. The Labute approximate surface area is 135 Å². The van der Waals surface area contributed by atoms with Crippen LogP contribution in [0.3, 0.4) is 0 Å². The maximum absolute atomic E-state index is 12.2. The van der Waals surface area contributed by atoms with Crippen molar-refractivity contribution < 1.29 is 19.1 Å². The summed E-state index contributed by atoms with van der Waals surface area (Å²) in [5.74, 6) is -1.16. The second-order valence-corrected chi connectivity index (χ2v) is 6.07. The zero-order valence-corrected chi connectivity index (χ0v) is 13.6. The Morgan fingerprint density at radius 3 is 2.30 bits per heavy atom. The third kappa shape index (κ3) is 7.85. The van der Waals surface area contributed by atoms with E-state index in [0.717, 1.165) is 5.56 Å². The maximum Gasteiger partial charge on any atom is 0.408 e. The number of nitrogens with two attached hydrogens (primary N) is 1. The molecule has 4 N–H and O–H groups in total. The van der Waals surface area contributed by atoms with Crippen LogP contribution in [0.1, 0.15) is 26.3 Å². The molecule has 0 heterocycles. The molecule has 0 aromatic heterocycles. The SMILES string of the molecule is CC(C)(C)OC(=O)N[C@H](Cc1ccccc1)C(=O)NCC(N)=O. The molecule has 0 saturated carbocycles. The second kappa shape index (κ2) is 8.17. The third-order valence-corrected chi connectivity index (χ3v) is 2.73.